The van der Waals surface area contributed by atoms with Crippen molar-refractivity contribution >= 4 is 17.7 Å². The van der Waals surface area contributed by atoms with Crippen molar-refractivity contribution < 1.29 is 14.3 Å². The van der Waals surface area contributed by atoms with Crippen molar-refractivity contribution in [2.45, 2.75) is 19.1 Å². The van der Waals surface area contributed by atoms with Gasteiger partial charge in [0.05, 0.1) is 5.69 Å². The van der Waals surface area contributed by atoms with Crippen LogP contribution in [-0.2, 0) is 22.6 Å². The number of carbonyl (C=O) groups excluding carboxylic acids is 2. The molecule has 2 aromatic rings. The van der Waals surface area contributed by atoms with Gasteiger partial charge in [0.15, 0.2) is 0 Å². The molecule has 112 valence electrons. The molecule has 22 heavy (non-hydrogen) atoms. The fourth-order valence-corrected chi connectivity index (χ4v) is 2.63. The van der Waals surface area contributed by atoms with Crippen molar-refractivity contribution in [2.75, 3.05) is 4.90 Å². The van der Waals surface area contributed by atoms with E-state index in [1.165, 1.54) is 4.90 Å². The second-order valence-electron chi connectivity index (χ2n) is 5.16. The number of hydrogen-bond acceptors (Lipinski definition) is 3. The highest BCUT2D eigenvalue weighted by Crippen LogP contribution is 2.32. The topological polar surface area (TPSA) is 72.6 Å². The standard InChI is InChI=1S/C17H16N2O3/c18-16(20)15-10-13-8-4-5-9-14(13)19(15)17(21)22-11-12-6-2-1-3-7-12/h1-9,15H,10-11H2,(H2,18,20)/t15-/m0/s1. The van der Waals surface area contributed by atoms with Gasteiger partial charge in [-0.3, -0.25) is 9.69 Å². The summed E-state index contributed by atoms with van der Waals surface area (Å²) >= 11 is 0. The van der Waals surface area contributed by atoms with Crippen LogP contribution >= 0.6 is 0 Å². The smallest absolute Gasteiger partial charge is 0.415 e. The molecule has 1 atom stereocenters. The summed E-state index contributed by atoms with van der Waals surface area (Å²) in [6, 6.07) is 16.1. The summed E-state index contributed by atoms with van der Waals surface area (Å²) in [7, 11) is 0. The van der Waals surface area contributed by atoms with Gasteiger partial charge in [-0.25, -0.2) is 4.79 Å². The highest BCUT2D eigenvalue weighted by molar-refractivity contribution is 6.00. The summed E-state index contributed by atoms with van der Waals surface area (Å²) in [5, 5.41) is 0. The second-order valence-corrected chi connectivity index (χ2v) is 5.16. The Balaban J connectivity index is 1.78. The van der Waals surface area contributed by atoms with Gasteiger partial charge in [-0.1, -0.05) is 48.5 Å². The highest BCUT2D eigenvalue weighted by atomic mass is 16.6. The van der Waals surface area contributed by atoms with Crippen molar-refractivity contribution in [2.24, 2.45) is 5.73 Å². The maximum atomic E-state index is 12.4. The minimum absolute atomic E-state index is 0.157. The first-order valence-electron chi connectivity index (χ1n) is 7.04. The van der Waals surface area contributed by atoms with Gasteiger partial charge in [0.25, 0.3) is 0 Å². The number of carbonyl (C=O) groups is 2. The van der Waals surface area contributed by atoms with Crippen LogP contribution in [0.4, 0.5) is 10.5 Å². The van der Waals surface area contributed by atoms with Gasteiger partial charge in [-0.05, 0) is 17.2 Å². The molecular formula is C17H16N2O3. The first-order valence-corrected chi connectivity index (χ1v) is 7.04. The molecule has 5 nitrogen and oxygen atoms in total. The lowest BCUT2D eigenvalue weighted by Gasteiger charge is -2.22. The van der Waals surface area contributed by atoms with E-state index in [9.17, 15) is 9.59 Å². The van der Waals surface area contributed by atoms with Gasteiger partial charge < -0.3 is 10.5 Å². The highest BCUT2D eigenvalue weighted by Gasteiger charge is 2.38. The molecule has 1 aliphatic rings. The van der Waals surface area contributed by atoms with Crippen LogP contribution in [0, 0.1) is 0 Å². The molecule has 0 spiro atoms. The molecule has 5 heteroatoms. The number of hydrogen-bond donors (Lipinski definition) is 1. The fraction of sp³-hybridized carbons (Fsp3) is 0.176. The first kappa shape index (κ1) is 14.1. The number of rotatable bonds is 3. The van der Waals surface area contributed by atoms with E-state index in [2.05, 4.69) is 0 Å². The van der Waals surface area contributed by atoms with Crippen molar-refractivity contribution in [1.29, 1.82) is 0 Å². The van der Waals surface area contributed by atoms with E-state index < -0.39 is 18.0 Å². The SMILES string of the molecule is NC(=O)[C@@H]1Cc2ccccc2N1C(=O)OCc1ccccc1. The number of nitrogens with zero attached hydrogens (tertiary/aromatic N) is 1. The van der Waals surface area contributed by atoms with Gasteiger partial charge in [0.1, 0.15) is 12.6 Å². The molecule has 0 aliphatic carbocycles. The van der Waals surface area contributed by atoms with E-state index in [-0.39, 0.29) is 6.61 Å². The molecule has 0 saturated heterocycles. The van der Waals surface area contributed by atoms with Gasteiger partial charge in [0, 0.05) is 6.42 Å². The summed E-state index contributed by atoms with van der Waals surface area (Å²) in [6.07, 6.45) is -0.135. The summed E-state index contributed by atoms with van der Waals surface area (Å²) in [5.74, 6) is -0.534. The lowest BCUT2D eigenvalue weighted by atomic mass is 10.1. The van der Waals surface area contributed by atoms with Gasteiger partial charge in [-0.15, -0.1) is 0 Å². The van der Waals surface area contributed by atoms with E-state index in [1.807, 2.05) is 48.5 Å². The molecule has 0 saturated carbocycles. The minimum Gasteiger partial charge on any atom is -0.444 e. The third kappa shape index (κ3) is 2.65. The first-order chi connectivity index (χ1) is 10.7. The third-order valence-electron chi connectivity index (χ3n) is 3.71. The van der Waals surface area contributed by atoms with Gasteiger partial charge in [0.2, 0.25) is 5.91 Å². The zero-order valence-corrected chi connectivity index (χ0v) is 11.9. The molecule has 2 N–H and O–H groups in total. The maximum absolute atomic E-state index is 12.4. The lowest BCUT2D eigenvalue weighted by molar-refractivity contribution is -0.119. The molecular weight excluding hydrogens is 280 g/mol. The average molecular weight is 296 g/mol. The van der Waals surface area contributed by atoms with Gasteiger partial charge in [-0.2, -0.15) is 0 Å². The number of nitrogens with two attached hydrogens (primary N) is 1. The number of primary amides is 1. The Labute approximate surface area is 128 Å². The zero-order valence-electron chi connectivity index (χ0n) is 11.9. The molecule has 0 radical (unpaired) electrons. The Hall–Kier alpha value is -2.82. The van der Waals surface area contributed by atoms with E-state index in [0.29, 0.717) is 12.1 Å². The van der Waals surface area contributed by atoms with E-state index in [0.717, 1.165) is 11.1 Å². The Morgan fingerprint density at radius 1 is 1.09 bits per heavy atom. The van der Waals surface area contributed by atoms with Crippen molar-refractivity contribution in [1.82, 2.24) is 0 Å². The predicted molar refractivity (Wildman–Crippen MR) is 82.2 cm³/mol. The van der Waals surface area contributed by atoms with Crippen LogP contribution < -0.4 is 10.6 Å². The molecule has 1 aliphatic heterocycles. The largest absolute Gasteiger partial charge is 0.444 e. The Bertz CT molecular complexity index is 700. The molecule has 1 heterocycles. The summed E-state index contributed by atoms with van der Waals surface area (Å²) in [6.45, 7) is 0.157. The summed E-state index contributed by atoms with van der Waals surface area (Å²) in [4.78, 5) is 25.4. The predicted octanol–water partition coefficient (Wildman–Crippen LogP) is 2.24. The van der Waals surface area contributed by atoms with Crippen LogP contribution in [0.15, 0.2) is 54.6 Å². The summed E-state index contributed by atoms with van der Waals surface area (Å²) in [5.41, 5.74) is 7.92. The van der Waals surface area contributed by atoms with Gasteiger partial charge >= 0.3 is 6.09 Å². The minimum atomic E-state index is -0.694. The number of anilines is 1. The Morgan fingerprint density at radius 3 is 2.50 bits per heavy atom. The second kappa shape index (κ2) is 5.89. The quantitative estimate of drug-likeness (QED) is 0.944. The van der Waals surface area contributed by atoms with Crippen molar-refractivity contribution in [3.63, 3.8) is 0 Å². The van der Waals surface area contributed by atoms with Crippen LogP contribution in [0.5, 0.6) is 0 Å². The molecule has 0 fully saturated rings. The molecule has 2 amide bonds. The maximum Gasteiger partial charge on any atom is 0.415 e. The summed E-state index contributed by atoms with van der Waals surface area (Å²) < 4.78 is 5.33. The van der Waals surface area contributed by atoms with E-state index in [1.54, 1.807) is 6.07 Å². The molecule has 0 bridgehead atoms. The molecule has 2 aromatic carbocycles. The van der Waals surface area contributed by atoms with Crippen molar-refractivity contribution in [3.8, 4) is 0 Å². The van der Waals surface area contributed by atoms with E-state index >= 15 is 0 Å². The average Bonchev–Trinajstić information content (AvgIpc) is 2.93. The number of para-hydroxylation sites is 1. The zero-order chi connectivity index (χ0) is 15.5. The number of amides is 2. The Morgan fingerprint density at radius 2 is 1.77 bits per heavy atom. The molecule has 3 rings (SSSR count). The monoisotopic (exact) mass is 296 g/mol. The van der Waals surface area contributed by atoms with Crippen LogP contribution in [0.25, 0.3) is 0 Å². The molecule has 0 unspecified atom stereocenters. The number of benzene rings is 2. The van der Waals surface area contributed by atoms with Crippen LogP contribution in [0.3, 0.4) is 0 Å². The fourth-order valence-electron chi connectivity index (χ4n) is 2.63. The van der Waals surface area contributed by atoms with Crippen LogP contribution in [0.2, 0.25) is 0 Å². The third-order valence-corrected chi connectivity index (χ3v) is 3.71. The van der Waals surface area contributed by atoms with Crippen LogP contribution in [-0.4, -0.2) is 18.0 Å². The van der Waals surface area contributed by atoms with Crippen molar-refractivity contribution in [3.05, 3.63) is 65.7 Å². The molecule has 0 aromatic heterocycles. The lowest BCUT2D eigenvalue weighted by Crippen LogP contribution is -2.46. The normalized spacial score (nSPS) is 16.2. The number of ether oxygens (including phenoxy) is 1. The number of fused-ring (bicyclic) bond motifs is 1. The van der Waals surface area contributed by atoms with Crippen LogP contribution in [0.1, 0.15) is 11.1 Å². The Kier molecular flexibility index (Phi) is 3.78. The van der Waals surface area contributed by atoms with E-state index in [4.69, 9.17) is 10.5 Å².